The number of nitrogens with zero attached hydrogens (tertiary/aromatic N) is 1. The summed E-state index contributed by atoms with van der Waals surface area (Å²) in [6.07, 6.45) is 1.43. The zero-order valence-corrected chi connectivity index (χ0v) is 21.4. The summed E-state index contributed by atoms with van der Waals surface area (Å²) in [5.74, 6) is 1.25. The van der Waals surface area contributed by atoms with Gasteiger partial charge in [0.2, 0.25) is 5.91 Å². The number of hydrogen-bond donors (Lipinski definition) is 1. The molecule has 194 valence electrons. The third kappa shape index (κ3) is 6.39. The van der Waals surface area contributed by atoms with Crippen LogP contribution in [0.3, 0.4) is 0 Å². The van der Waals surface area contributed by atoms with Crippen LogP contribution in [-0.4, -0.2) is 30.5 Å². The second-order valence-electron chi connectivity index (χ2n) is 9.50. The number of nitrogens with one attached hydrogen (secondary N) is 1. The van der Waals surface area contributed by atoms with Gasteiger partial charge in [-0.3, -0.25) is 9.69 Å². The highest BCUT2D eigenvalue weighted by molar-refractivity contribution is 5.96. The molecular weight excluding hydrogens is 479 g/mol. The molecule has 1 heterocycles. The van der Waals surface area contributed by atoms with E-state index in [1.54, 1.807) is 19.2 Å². The predicted octanol–water partition coefficient (Wildman–Crippen LogP) is 6.02. The molecule has 0 aromatic heterocycles. The van der Waals surface area contributed by atoms with Crippen molar-refractivity contribution < 1.29 is 18.7 Å². The van der Waals surface area contributed by atoms with E-state index in [1.165, 1.54) is 17.7 Å². The fourth-order valence-corrected chi connectivity index (χ4v) is 4.73. The number of methoxy groups -OCH3 is 1. The van der Waals surface area contributed by atoms with E-state index in [0.717, 1.165) is 41.1 Å². The summed E-state index contributed by atoms with van der Waals surface area (Å²) in [4.78, 5) is 15.7. The van der Waals surface area contributed by atoms with Gasteiger partial charge in [0, 0.05) is 18.8 Å². The molecule has 1 aliphatic heterocycles. The zero-order valence-electron chi connectivity index (χ0n) is 21.4. The number of benzene rings is 4. The number of rotatable bonds is 9. The van der Waals surface area contributed by atoms with Gasteiger partial charge in [0.15, 0.2) is 0 Å². The highest BCUT2D eigenvalue weighted by Gasteiger charge is 2.30. The number of hydrogen-bond acceptors (Lipinski definition) is 4. The van der Waals surface area contributed by atoms with E-state index in [0.29, 0.717) is 25.3 Å². The molecule has 0 radical (unpaired) electrons. The molecule has 1 atom stereocenters. The van der Waals surface area contributed by atoms with Crippen molar-refractivity contribution in [2.75, 3.05) is 19.0 Å². The summed E-state index contributed by atoms with van der Waals surface area (Å²) in [6.45, 7) is 1.66. The molecule has 0 fully saturated rings. The lowest BCUT2D eigenvalue weighted by atomic mass is 10.0. The maximum absolute atomic E-state index is 13.5. The van der Waals surface area contributed by atoms with Crippen LogP contribution < -0.4 is 14.8 Å². The first-order chi connectivity index (χ1) is 18.6. The molecule has 0 saturated carbocycles. The molecule has 4 aromatic carbocycles. The molecular formula is C32H31FN2O3. The minimum Gasteiger partial charge on any atom is -0.497 e. The molecule has 0 unspecified atom stereocenters. The Morgan fingerprint density at radius 1 is 0.868 bits per heavy atom. The molecule has 5 rings (SSSR count). The molecule has 1 aliphatic rings. The molecule has 38 heavy (non-hydrogen) atoms. The summed E-state index contributed by atoms with van der Waals surface area (Å²) in [5, 5.41) is 3.15. The van der Waals surface area contributed by atoms with E-state index >= 15 is 0 Å². The van der Waals surface area contributed by atoms with Crippen molar-refractivity contribution in [1.82, 2.24) is 4.90 Å². The van der Waals surface area contributed by atoms with Gasteiger partial charge in [0.25, 0.3) is 0 Å². The van der Waals surface area contributed by atoms with E-state index in [9.17, 15) is 9.18 Å². The first kappa shape index (κ1) is 25.5. The van der Waals surface area contributed by atoms with Gasteiger partial charge in [-0.2, -0.15) is 0 Å². The van der Waals surface area contributed by atoms with Crippen molar-refractivity contribution in [2.45, 2.75) is 32.0 Å². The smallest absolute Gasteiger partial charge is 0.242 e. The topological polar surface area (TPSA) is 50.8 Å². The van der Waals surface area contributed by atoms with Crippen molar-refractivity contribution in [1.29, 1.82) is 0 Å². The monoisotopic (exact) mass is 510 g/mol. The van der Waals surface area contributed by atoms with Crippen molar-refractivity contribution in [3.63, 3.8) is 0 Å². The summed E-state index contributed by atoms with van der Waals surface area (Å²) < 4.78 is 24.5. The van der Waals surface area contributed by atoms with Crippen molar-refractivity contribution in [2.24, 2.45) is 0 Å². The SMILES string of the molecule is COc1ccc(CCN2Cc3cc(OCc4ccc(F)cc4)ccc3NC(=O)[C@@H]2Cc2ccccc2)cc1. The van der Waals surface area contributed by atoms with Gasteiger partial charge in [-0.05, 0) is 77.6 Å². The van der Waals surface area contributed by atoms with Gasteiger partial charge < -0.3 is 14.8 Å². The molecule has 0 saturated heterocycles. The second kappa shape index (κ2) is 11.9. The van der Waals surface area contributed by atoms with Gasteiger partial charge in [0.05, 0.1) is 13.2 Å². The zero-order chi connectivity index (χ0) is 26.3. The summed E-state index contributed by atoms with van der Waals surface area (Å²) in [5.41, 5.74) is 5.00. The third-order valence-electron chi connectivity index (χ3n) is 6.89. The minimum absolute atomic E-state index is 0.0117. The van der Waals surface area contributed by atoms with E-state index in [2.05, 4.69) is 34.5 Å². The van der Waals surface area contributed by atoms with E-state index in [4.69, 9.17) is 9.47 Å². The molecule has 1 N–H and O–H groups in total. The van der Waals surface area contributed by atoms with Crippen LogP contribution in [0.5, 0.6) is 11.5 Å². The first-order valence-corrected chi connectivity index (χ1v) is 12.8. The number of carbonyl (C=O) groups is 1. The number of anilines is 1. The predicted molar refractivity (Wildman–Crippen MR) is 147 cm³/mol. The lowest BCUT2D eigenvalue weighted by Gasteiger charge is -2.28. The van der Waals surface area contributed by atoms with Crippen molar-refractivity contribution in [3.8, 4) is 11.5 Å². The Kier molecular flexibility index (Phi) is 8.00. The standard InChI is InChI=1S/C32H31FN2O3/c1-37-28-13-9-23(10-14-28)17-18-35-21-26-20-29(38-22-25-7-11-27(33)12-8-25)15-16-30(26)34-32(36)31(35)19-24-5-3-2-4-6-24/h2-16,20,31H,17-19,21-22H2,1H3,(H,34,36)/t31-/m0/s1. The molecule has 5 nitrogen and oxygen atoms in total. The van der Waals surface area contributed by atoms with Gasteiger partial charge >= 0.3 is 0 Å². The molecule has 6 heteroatoms. The average molecular weight is 511 g/mol. The Balaban J connectivity index is 1.36. The maximum Gasteiger partial charge on any atom is 0.242 e. The molecule has 0 spiro atoms. The van der Waals surface area contributed by atoms with Crippen LogP contribution in [0.2, 0.25) is 0 Å². The van der Waals surface area contributed by atoms with Gasteiger partial charge in [-0.25, -0.2) is 4.39 Å². The fraction of sp³-hybridized carbons (Fsp3) is 0.219. The quantitative estimate of drug-likeness (QED) is 0.299. The van der Waals surface area contributed by atoms with Crippen LogP contribution in [0.25, 0.3) is 0 Å². The number of halogens is 1. The molecule has 0 aliphatic carbocycles. The Hall–Kier alpha value is -4.16. The normalized spacial score (nSPS) is 15.3. The molecule has 1 amide bonds. The molecule has 0 bridgehead atoms. The van der Waals surface area contributed by atoms with Crippen molar-refractivity contribution >= 4 is 11.6 Å². The maximum atomic E-state index is 13.5. The van der Waals surface area contributed by atoms with E-state index in [-0.39, 0.29) is 17.8 Å². The summed E-state index contributed by atoms with van der Waals surface area (Å²) in [7, 11) is 1.66. The fourth-order valence-electron chi connectivity index (χ4n) is 4.73. The Morgan fingerprint density at radius 2 is 1.58 bits per heavy atom. The largest absolute Gasteiger partial charge is 0.497 e. The van der Waals surface area contributed by atoms with Gasteiger partial charge in [-0.15, -0.1) is 0 Å². The molecule has 4 aromatic rings. The van der Waals surface area contributed by atoms with Crippen LogP contribution in [0.1, 0.15) is 22.3 Å². The summed E-state index contributed by atoms with van der Waals surface area (Å²) >= 11 is 0. The number of carbonyl (C=O) groups excluding carboxylic acids is 1. The Morgan fingerprint density at radius 3 is 2.32 bits per heavy atom. The Labute approximate surface area is 222 Å². The van der Waals surface area contributed by atoms with Crippen LogP contribution in [0.4, 0.5) is 10.1 Å². The van der Waals surface area contributed by atoms with Crippen LogP contribution in [-0.2, 0) is 30.8 Å². The second-order valence-corrected chi connectivity index (χ2v) is 9.50. The van der Waals surface area contributed by atoms with E-state index in [1.807, 2.05) is 48.5 Å². The number of amides is 1. The minimum atomic E-state index is -0.313. The van der Waals surface area contributed by atoms with Gasteiger partial charge in [0.1, 0.15) is 23.9 Å². The van der Waals surface area contributed by atoms with Crippen LogP contribution in [0, 0.1) is 5.82 Å². The highest BCUT2D eigenvalue weighted by Crippen LogP contribution is 2.29. The highest BCUT2D eigenvalue weighted by atomic mass is 19.1. The van der Waals surface area contributed by atoms with Crippen LogP contribution in [0.15, 0.2) is 97.1 Å². The first-order valence-electron chi connectivity index (χ1n) is 12.8. The number of ether oxygens (including phenoxy) is 2. The van der Waals surface area contributed by atoms with Gasteiger partial charge in [-0.1, -0.05) is 54.6 Å². The van der Waals surface area contributed by atoms with Crippen LogP contribution >= 0.6 is 0 Å². The third-order valence-corrected chi connectivity index (χ3v) is 6.89. The average Bonchev–Trinajstić information content (AvgIpc) is 3.08. The Bertz CT molecular complexity index is 1360. The lowest BCUT2D eigenvalue weighted by Crippen LogP contribution is -2.44. The number of fused-ring (bicyclic) bond motifs is 1. The van der Waals surface area contributed by atoms with Crippen molar-refractivity contribution in [3.05, 3.63) is 125 Å². The van der Waals surface area contributed by atoms with E-state index < -0.39 is 0 Å². The lowest BCUT2D eigenvalue weighted by molar-refractivity contribution is -0.121. The summed E-state index contributed by atoms with van der Waals surface area (Å²) in [6, 6.07) is 29.9.